The fourth-order valence-electron chi connectivity index (χ4n) is 4.03. The van der Waals surface area contributed by atoms with Gasteiger partial charge in [-0.25, -0.2) is 15.0 Å². The third kappa shape index (κ3) is 5.34. The van der Waals surface area contributed by atoms with E-state index in [9.17, 15) is 0 Å². The van der Waals surface area contributed by atoms with E-state index >= 15 is 0 Å². The van der Waals surface area contributed by atoms with Crippen LogP contribution in [0, 0.1) is 0 Å². The summed E-state index contributed by atoms with van der Waals surface area (Å²) in [4.78, 5) is 16.7. The fourth-order valence-corrected chi connectivity index (χ4v) is 4.03. The quantitative estimate of drug-likeness (QED) is 0.249. The van der Waals surface area contributed by atoms with Crippen LogP contribution in [-0.2, 0) is 20.3 Å². The predicted octanol–water partition coefficient (Wildman–Crippen LogP) is 6.31. The van der Waals surface area contributed by atoms with Crippen molar-refractivity contribution >= 4 is 11.2 Å². The summed E-state index contributed by atoms with van der Waals surface area (Å²) < 4.78 is 20.2. The molecule has 6 aromatic rings. The van der Waals surface area contributed by atoms with Gasteiger partial charge in [0, 0.05) is 37.3 Å². The van der Waals surface area contributed by atoms with Crippen molar-refractivity contribution in [2.24, 2.45) is 7.05 Å². The van der Waals surface area contributed by atoms with Gasteiger partial charge >= 0.3 is 0 Å². The zero-order valence-corrected chi connectivity index (χ0v) is 20.7. The monoisotopic (exact) mass is 503 g/mol. The van der Waals surface area contributed by atoms with Crippen LogP contribution in [0.5, 0.6) is 23.0 Å². The van der Waals surface area contributed by atoms with Crippen molar-refractivity contribution in [1.29, 1.82) is 0 Å². The Labute approximate surface area is 219 Å². The number of benzene rings is 3. The van der Waals surface area contributed by atoms with Crippen LogP contribution in [0.3, 0.4) is 0 Å². The summed E-state index contributed by atoms with van der Waals surface area (Å²) in [6.45, 7) is 0.683. The number of imidazole rings is 2. The molecule has 0 atom stereocenters. The summed E-state index contributed by atoms with van der Waals surface area (Å²) in [5.41, 5.74) is 3.32. The molecule has 188 valence electrons. The lowest BCUT2D eigenvalue weighted by Crippen LogP contribution is -2.03. The summed E-state index contributed by atoms with van der Waals surface area (Å²) in [6, 6.07) is 27.1. The van der Waals surface area contributed by atoms with E-state index in [1.165, 1.54) is 0 Å². The number of nitrogens with zero attached hydrogens (tertiary/aromatic N) is 4. The molecule has 0 aliphatic heterocycles. The van der Waals surface area contributed by atoms with E-state index in [1.807, 2.05) is 103 Å². The van der Waals surface area contributed by atoms with Gasteiger partial charge in [0.25, 0.3) is 0 Å². The molecule has 6 rings (SSSR count). The number of pyridine rings is 1. The summed E-state index contributed by atoms with van der Waals surface area (Å²) in [6.07, 6.45) is 5.38. The standard InChI is InChI=1S/C30H25N5O3/c1-35-14-13-31-28(35)20-37-26-17-22(29-33-27-11-6-12-32-30(27)34-29)16-25(18-26)36-19-21-7-5-10-24(15-21)38-23-8-3-2-4-9-23/h2-18H,19-20H2,1H3,(H,32,33,34). The third-order valence-corrected chi connectivity index (χ3v) is 5.98. The normalized spacial score (nSPS) is 11.0. The highest BCUT2D eigenvalue weighted by molar-refractivity contribution is 5.76. The molecule has 0 aliphatic carbocycles. The number of para-hydroxylation sites is 1. The van der Waals surface area contributed by atoms with Crippen molar-refractivity contribution in [2.45, 2.75) is 13.2 Å². The molecule has 0 unspecified atom stereocenters. The SMILES string of the molecule is Cn1ccnc1COc1cc(OCc2cccc(Oc3ccccc3)c2)cc(-c2nc3cccnc3[nH]2)c1. The maximum atomic E-state index is 6.22. The third-order valence-electron chi connectivity index (χ3n) is 5.98. The van der Waals surface area contributed by atoms with E-state index in [2.05, 4.69) is 15.0 Å². The van der Waals surface area contributed by atoms with Crippen molar-refractivity contribution < 1.29 is 14.2 Å². The van der Waals surface area contributed by atoms with Crippen LogP contribution in [0.4, 0.5) is 0 Å². The smallest absolute Gasteiger partial charge is 0.157 e. The van der Waals surface area contributed by atoms with Gasteiger partial charge in [-0.1, -0.05) is 30.3 Å². The number of aromatic amines is 1. The van der Waals surface area contributed by atoms with Crippen LogP contribution in [0.25, 0.3) is 22.6 Å². The molecule has 0 saturated carbocycles. The first-order chi connectivity index (χ1) is 18.7. The van der Waals surface area contributed by atoms with E-state index in [1.54, 1.807) is 12.4 Å². The van der Waals surface area contributed by atoms with Gasteiger partial charge in [-0.15, -0.1) is 0 Å². The zero-order chi connectivity index (χ0) is 25.7. The summed E-state index contributed by atoms with van der Waals surface area (Å²) >= 11 is 0. The Morgan fingerprint density at radius 1 is 0.737 bits per heavy atom. The van der Waals surface area contributed by atoms with Crippen molar-refractivity contribution in [3.05, 3.63) is 115 Å². The van der Waals surface area contributed by atoms with E-state index in [-0.39, 0.29) is 0 Å². The number of hydrogen-bond acceptors (Lipinski definition) is 6. The second-order valence-electron chi connectivity index (χ2n) is 8.74. The molecule has 0 spiro atoms. The molecule has 3 aromatic heterocycles. The Hall–Kier alpha value is -5.11. The minimum atomic E-state index is 0.326. The first kappa shape index (κ1) is 23.3. The minimum absolute atomic E-state index is 0.326. The van der Waals surface area contributed by atoms with Crippen LogP contribution < -0.4 is 14.2 Å². The molecule has 3 aromatic carbocycles. The van der Waals surface area contributed by atoms with Gasteiger partial charge in [0.05, 0.1) is 0 Å². The van der Waals surface area contributed by atoms with Crippen LogP contribution >= 0.6 is 0 Å². The molecule has 1 N–H and O–H groups in total. The molecule has 0 radical (unpaired) electrons. The Bertz CT molecular complexity index is 1640. The van der Waals surface area contributed by atoms with Gasteiger partial charge in [-0.3, -0.25) is 0 Å². The second kappa shape index (κ2) is 10.5. The van der Waals surface area contributed by atoms with Crippen molar-refractivity contribution in [2.75, 3.05) is 0 Å². The Morgan fingerprint density at radius 2 is 1.55 bits per heavy atom. The molecule has 8 nitrogen and oxygen atoms in total. The highest BCUT2D eigenvalue weighted by Gasteiger charge is 2.12. The molecule has 0 bridgehead atoms. The summed E-state index contributed by atoms with van der Waals surface area (Å²) in [5.74, 6) is 4.34. The summed E-state index contributed by atoms with van der Waals surface area (Å²) in [7, 11) is 1.94. The number of nitrogens with one attached hydrogen (secondary N) is 1. The topological polar surface area (TPSA) is 87.1 Å². The first-order valence-electron chi connectivity index (χ1n) is 12.2. The molecule has 38 heavy (non-hydrogen) atoms. The molecular formula is C30H25N5O3. The van der Waals surface area contributed by atoms with Crippen LogP contribution in [-0.4, -0.2) is 24.5 Å². The molecule has 0 fully saturated rings. The van der Waals surface area contributed by atoms with E-state index in [0.29, 0.717) is 30.5 Å². The highest BCUT2D eigenvalue weighted by Crippen LogP contribution is 2.31. The highest BCUT2D eigenvalue weighted by atomic mass is 16.5. The Kier molecular flexibility index (Phi) is 6.42. The minimum Gasteiger partial charge on any atom is -0.489 e. The number of ether oxygens (including phenoxy) is 3. The number of H-pyrrole nitrogens is 1. The number of aryl methyl sites for hydroxylation is 1. The number of aromatic nitrogens is 5. The van der Waals surface area contributed by atoms with Crippen molar-refractivity contribution in [3.8, 4) is 34.4 Å². The maximum Gasteiger partial charge on any atom is 0.157 e. The number of rotatable bonds is 9. The fraction of sp³-hybridized carbons (Fsp3) is 0.100. The van der Waals surface area contributed by atoms with Crippen LogP contribution in [0.1, 0.15) is 11.4 Å². The van der Waals surface area contributed by atoms with Gasteiger partial charge in [-0.05, 0) is 54.1 Å². The number of fused-ring (bicyclic) bond motifs is 1. The van der Waals surface area contributed by atoms with E-state index < -0.39 is 0 Å². The molecule has 3 heterocycles. The van der Waals surface area contributed by atoms with Gasteiger partial charge in [0.15, 0.2) is 5.65 Å². The van der Waals surface area contributed by atoms with Gasteiger partial charge in [0.2, 0.25) is 0 Å². The molecule has 8 heteroatoms. The molecule has 0 saturated heterocycles. The van der Waals surface area contributed by atoms with Gasteiger partial charge < -0.3 is 23.8 Å². The zero-order valence-electron chi connectivity index (χ0n) is 20.7. The molecule has 0 aliphatic rings. The van der Waals surface area contributed by atoms with Gasteiger partial charge in [-0.2, -0.15) is 0 Å². The van der Waals surface area contributed by atoms with Gasteiger partial charge in [0.1, 0.15) is 53.4 Å². The van der Waals surface area contributed by atoms with Crippen molar-refractivity contribution in [1.82, 2.24) is 24.5 Å². The van der Waals surface area contributed by atoms with E-state index in [4.69, 9.17) is 19.2 Å². The Balaban J connectivity index is 1.25. The lowest BCUT2D eigenvalue weighted by Gasteiger charge is -2.13. The predicted molar refractivity (Wildman–Crippen MR) is 144 cm³/mol. The van der Waals surface area contributed by atoms with E-state index in [0.717, 1.165) is 39.6 Å². The van der Waals surface area contributed by atoms with Crippen LogP contribution in [0.15, 0.2) is 104 Å². The maximum absolute atomic E-state index is 6.22. The number of hydrogen-bond donors (Lipinski definition) is 1. The summed E-state index contributed by atoms with van der Waals surface area (Å²) in [5, 5.41) is 0. The lowest BCUT2D eigenvalue weighted by atomic mass is 10.2. The lowest BCUT2D eigenvalue weighted by molar-refractivity contribution is 0.282. The Morgan fingerprint density at radius 3 is 2.34 bits per heavy atom. The molecular weight excluding hydrogens is 478 g/mol. The average molecular weight is 504 g/mol. The second-order valence-corrected chi connectivity index (χ2v) is 8.74. The average Bonchev–Trinajstić information content (AvgIpc) is 3.57. The van der Waals surface area contributed by atoms with Crippen molar-refractivity contribution in [3.63, 3.8) is 0 Å². The largest absolute Gasteiger partial charge is 0.489 e. The van der Waals surface area contributed by atoms with Crippen LogP contribution in [0.2, 0.25) is 0 Å². The molecule has 0 amide bonds. The first-order valence-corrected chi connectivity index (χ1v) is 12.2.